The Labute approximate surface area is 241 Å². The summed E-state index contributed by atoms with van der Waals surface area (Å²) in [6, 6.07) is 27.5. The highest BCUT2D eigenvalue weighted by Crippen LogP contribution is 2.29. The molecule has 8 nitrogen and oxygen atoms in total. The first kappa shape index (κ1) is 29.5. The lowest BCUT2D eigenvalue weighted by Crippen LogP contribution is -2.32. The molecule has 0 unspecified atom stereocenters. The Balaban J connectivity index is 1.75. The van der Waals surface area contributed by atoms with Crippen molar-refractivity contribution in [3.05, 3.63) is 108 Å². The molecule has 1 amide bonds. The molecule has 0 radical (unpaired) electrons. The fourth-order valence-electron chi connectivity index (χ4n) is 4.41. The Morgan fingerprint density at radius 2 is 1.63 bits per heavy atom. The number of carbonyl (C=O) groups is 1. The van der Waals surface area contributed by atoms with Crippen LogP contribution in [0.4, 0.5) is 0 Å². The van der Waals surface area contributed by atoms with Crippen LogP contribution in [-0.4, -0.2) is 41.5 Å². The van der Waals surface area contributed by atoms with Crippen molar-refractivity contribution in [2.75, 3.05) is 13.1 Å². The Morgan fingerprint density at radius 1 is 0.976 bits per heavy atom. The summed E-state index contributed by atoms with van der Waals surface area (Å²) in [7, 11) is -3.72. The van der Waals surface area contributed by atoms with Gasteiger partial charge in [0.2, 0.25) is 10.0 Å². The molecule has 0 saturated carbocycles. The van der Waals surface area contributed by atoms with Crippen molar-refractivity contribution in [2.45, 2.75) is 38.1 Å². The van der Waals surface area contributed by atoms with Gasteiger partial charge in [-0.05, 0) is 48.7 Å². The van der Waals surface area contributed by atoms with Crippen molar-refractivity contribution in [1.82, 2.24) is 19.4 Å². The largest absolute Gasteiger partial charge is 0.347 e. The Kier molecular flexibility index (Phi) is 9.85. The highest BCUT2D eigenvalue weighted by molar-refractivity contribution is 7.89. The Morgan fingerprint density at radius 3 is 2.27 bits per heavy atom. The third-order valence-electron chi connectivity index (χ3n) is 6.42. The van der Waals surface area contributed by atoms with Gasteiger partial charge in [0.05, 0.1) is 10.6 Å². The van der Waals surface area contributed by atoms with E-state index in [9.17, 15) is 18.5 Å². The molecule has 0 spiro atoms. The standard InChI is InChI=1S/C32H33N5O3S/c1-3-18-36(19-4-2)41(39,40)30-17-11-14-26(21-30)31-28(24-37(35-31)29-15-9-6-10-16-29)20-27(22-33)32(38)34-23-25-12-7-5-8-13-25/h5-17,20-21,24H,3-4,18-19,23H2,1-2H3,(H,34,38)/b27-20-. The van der Waals surface area contributed by atoms with Gasteiger partial charge in [0, 0.05) is 37.0 Å². The van der Waals surface area contributed by atoms with Gasteiger partial charge in [-0.2, -0.15) is 14.7 Å². The van der Waals surface area contributed by atoms with Gasteiger partial charge in [0.25, 0.3) is 5.91 Å². The van der Waals surface area contributed by atoms with Gasteiger partial charge in [-0.3, -0.25) is 4.79 Å². The van der Waals surface area contributed by atoms with Crippen LogP contribution in [0.5, 0.6) is 0 Å². The number of sulfonamides is 1. The summed E-state index contributed by atoms with van der Waals surface area (Å²) < 4.78 is 30.2. The first-order chi connectivity index (χ1) is 19.9. The van der Waals surface area contributed by atoms with Crippen molar-refractivity contribution in [2.24, 2.45) is 0 Å². The number of benzene rings is 3. The number of para-hydroxylation sites is 1. The molecule has 0 aliphatic rings. The van der Waals surface area contributed by atoms with Crippen LogP contribution in [0, 0.1) is 11.3 Å². The van der Waals surface area contributed by atoms with Gasteiger partial charge >= 0.3 is 0 Å². The van der Waals surface area contributed by atoms with Crippen LogP contribution in [0.25, 0.3) is 23.0 Å². The predicted octanol–water partition coefficient (Wildman–Crippen LogP) is 5.57. The zero-order valence-electron chi connectivity index (χ0n) is 23.2. The molecule has 0 aliphatic heterocycles. The molecule has 0 saturated heterocycles. The molecule has 210 valence electrons. The van der Waals surface area contributed by atoms with Gasteiger partial charge in [-0.25, -0.2) is 13.1 Å². The van der Waals surface area contributed by atoms with Crippen molar-refractivity contribution in [1.29, 1.82) is 5.26 Å². The van der Waals surface area contributed by atoms with Crippen molar-refractivity contribution in [3.8, 4) is 23.0 Å². The minimum absolute atomic E-state index is 0.0874. The highest BCUT2D eigenvalue weighted by Gasteiger charge is 2.24. The van der Waals surface area contributed by atoms with E-state index in [0.717, 1.165) is 11.3 Å². The maximum Gasteiger partial charge on any atom is 0.262 e. The van der Waals surface area contributed by atoms with E-state index >= 15 is 0 Å². The van der Waals surface area contributed by atoms with Crippen LogP contribution < -0.4 is 5.32 Å². The van der Waals surface area contributed by atoms with E-state index in [4.69, 9.17) is 5.10 Å². The maximum absolute atomic E-state index is 13.5. The number of amides is 1. The first-order valence-electron chi connectivity index (χ1n) is 13.6. The highest BCUT2D eigenvalue weighted by atomic mass is 32.2. The van der Waals surface area contributed by atoms with Crippen LogP contribution in [0.2, 0.25) is 0 Å². The average Bonchev–Trinajstić information content (AvgIpc) is 3.43. The zero-order valence-corrected chi connectivity index (χ0v) is 24.0. The second-order valence-electron chi connectivity index (χ2n) is 9.48. The number of nitriles is 1. The lowest BCUT2D eigenvalue weighted by atomic mass is 10.1. The number of hydrogen-bond acceptors (Lipinski definition) is 5. The molecule has 0 bridgehead atoms. The molecule has 1 heterocycles. The summed E-state index contributed by atoms with van der Waals surface area (Å²) in [6.45, 7) is 5.04. The number of aromatic nitrogens is 2. The molecular formula is C32H33N5O3S. The molecular weight excluding hydrogens is 534 g/mol. The number of carbonyl (C=O) groups excluding carboxylic acids is 1. The zero-order chi connectivity index (χ0) is 29.2. The molecule has 0 fully saturated rings. The topological polar surface area (TPSA) is 108 Å². The van der Waals surface area contributed by atoms with Gasteiger partial charge in [0.15, 0.2) is 0 Å². The normalized spacial score (nSPS) is 11.8. The van der Waals surface area contributed by atoms with E-state index in [0.29, 0.717) is 42.8 Å². The maximum atomic E-state index is 13.5. The lowest BCUT2D eigenvalue weighted by Gasteiger charge is -2.21. The SMILES string of the molecule is CCCN(CCC)S(=O)(=O)c1cccc(-c2nn(-c3ccccc3)cc2/C=C(/C#N)C(=O)NCc2ccccc2)c1. The van der Waals surface area contributed by atoms with Crippen molar-refractivity contribution in [3.63, 3.8) is 0 Å². The van der Waals surface area contributed by atoms with Gasteiger partial charge in [0.1, 0.15) is 17.3 Å². The summed E-state index contributed by atoms with van der Waals surface area (Å²) in [6.07, 6.45) is 4.63. The molecule has 1 aromatic heterocycles. The van der Waals surface area contributed by atoms with Crippen LogP contribution >= 0.6 is 0 Å². The predicted molar refractivity (Wildman–Crippen MR) is 160 cm³/mol. The van der Waals surface area contributed by atoms with E-state index in [-0.39, 0.29) is 17.0 Å². The van der Waals surface area contributed by atoms with E-state index in [1.54, 1.807) is 35.1 Å². The molecule has 3 aromatic carbocycles. The van der Waals surface area contributed by atoms with Crippen LogP contribution in [0.1, 0.15) is 37.8 Å². The third kappa shape index (κ3) is 7.17. The fraction of sp³-hybridized carbons (Fsp3) is 0.219. The molecule has 0 atom stereocenters. The quantitative estimate of drug-likeness (QED) is 0.178. The number of hydrogen-bond donors (Lipinski definition) is 1. The lowest BCUT2D eigenvalue weighted by molar-refractivity contribution is -0.117. The molecule has 4 aromatic rings. The Hall–Kier alpha value is -4.52. The molecule has 0 aliphatic carbocycles. The summed E-state index contributed by atoms with van der Waals surface area (Å²) in [5.41, 5.74) is 3.12. The molecule has 4 rings (SSSR count). The third-order valence-corrected chi connectivity index (χ3v) is 8.31. The van der Waals surface area contributed by atoms with Crippen molar-refractivity contribution >= 4 is 22.0 Å². The molecule has 41 heavy (non-hydrogen) atoms. The number of nitrogens with zero attached hydrogens (tertiary/aromatic N) is 4. The Bertz CT molecular complexity index is 1650. The minimum atomic E-state index is -3.72. The molecule has 9 heteroatoms. The van der Waals surface area contributed by atoms with Crippen LogP contribution in [0.15, 0.2) is 102 Å². The number of rotatable bonds is 12. The summed E-state index contributed by atoms with van der Waals surface area (Å²) in [5.74, 6) is -0.513. The minimum Gasteiger partial charge on any atom is -0.347 e. The van der Waals surface area contributed by atoms with Crippen LogP contribution in [0.3, 0.4) is 0 Å². The average molecular weight is 568 g/mol. The second kappa shape index (κ2) is 13.7. The van der Waals surface area contributed by atoms with E-state index in [1.165, 1.54) is 10.4 Å². The van der Waals surface area contributed by atoms with Gasteiger partial charge in [-0.15, -0.1) is 0 Å². The molecule has 1 N–H and O–H groups in total. The summed E-state index contributed by atoms with van der Waals surface area (Å²) >= 11 is 0. The van der Waals surface area contributed by atoms with Crippen molar-refractivity contribution < 1.29 is 13.2 Å². The first-order valence-corrected chi connectivity index (χ1v) is 15.0. The van der Waals surface area contributed by atoms with E-state index in [1.807, 2.05) is 80.6 Å². The monoisotopic (exact) mass is 567 g/mol. The van der Waals surface area contributed by atoms with E-state index in [2.05, 4.69) is 5.32 Å². The van der Waals surface area contributed by atoms with Crippen LogP contribution in [-0.2, 0) is 21.4 Å². The van der Waals surface area contributed by atoms with Gasteiger partial charge in [-0.1, -0.05) is 74.5 Å². The smallest absolute Gasteiger partial charge is 0.262 e. The summed E-state index contributed by atoms with van der Waals surface area (Å²) in [5, 5.41) is 17.4. The fourth-order valence-corrected chi connectivity index (χ4v) is 6.08. The van der Waals surface area contributed by atoms with Gasteiger partial charge < -0.3 is 5.32 Å². The van der Waals surface area contributed by atoms with E-state index < -0.39 is 15.9 Å². The second-order valence-corrected chi connectivity index (χ2v) is 11.4. The number of nitrogens with one attached hydrogen (secondary N) is 1. The summed E-state index contributed by atoms with van der Waals surface area (Å²) in [4.78, 5) is 13.1.